The third-order valence-corrected chi connectivity index (χ3v) is 3.06. The monoisotopic (exact) mass is 361 g/mol. The smallest absolute Gasteiger partial charge is 0.311 e. The van der Waals surface area contributed by atoms with Crippen molar-refractivity contribution in [2.75, 3.05) is 26.3 Å². The zero-order chi connectivity index (χ0) is 19.4. The summed E-state index contributed by atoms with van der Waals surface area (Å²) >= 11 is 0. The van der Waals surface area contributed by atoms with Crippen LogP contribution in [-0.4, -0.2) is 44.1 Å². The molecule has 0 aliphatic heterocycles. The van der Waals surface area contributed by atoms with Crippen LogP contribution in [0.1, 0.15) is 21.8 Å². The summed E-state index contributed by atoms with van der Waals surface area (Å²) in [5.74, 6) is -2.79. The molecule has 0 bridgehead atoms. The molecular weight excluding hydrogens is 346 g/mol. The molecule has 2 N–H and O–H groups in total. The molecule has 1 aromatic rings. The first-order valence-electron chi connectivity index (χ1n) is 7.20. The summed E-state index contributed by atoms with van der Waals surface area (Å²) in [6, 6.07) is 6.20. The van der Waals surface area contributed by atoms with E-state index in [0.717, 1.165) is 0 Å². The fourth-order valence-corrected chi connectivity index (χ4v) is 1.84. The van der Waals surface area contributed by atoms with Crippen molar-refractivity contribution in [1.82, 2.24) is 0 Å². The number of nitrogens with two attached hydrogens (primary N) is 1. The zero-order valence-electron chi connectivity index (χ0n) is 13.5. The standard InChI is InChI=1S/C14H15N7O5/c15-14(24)10-3-1-2-9(4-10)11(7-25-12(22)5-18-20-16)8-26-13(23)6-19-21-17/h1-4,11H,5-8H2,(H2,15,24). The molecule has 0 aliphatic rings. The third kappa shape index (κ3) is 7.21. The Bertz CT molecular complexity index is 733. The van der Waals surface area contributed by atoms with Crippen LogP contribution in [0, 0.1) is 0 Å². The number of primary amides is 1. The van der Waals surface area contributed by atoms with Gasteiger partial charge >= 0.3 is 11.9 Å². The van der Waals surface area contributed by atoms with Crippen molar-refractivity contribution in [3.8, 4) is 0 Å². The van der Waals surface area contributed by atoms with Crippen LogP contribution in [-0.2, 0) is 19.1 Å². The molecule has 0 aliphatic carbocycles. The number of amides is 1. The van der Waals surface area contributed by atoms with Gasteiger partial charge in [0.15, 0.2) is 0 Å². The molecule has 1 amide bonds. The molecule has 1 aromatic carbocycles. The second-order valence-electron chi connectivity index (χ2n) is 4.83. The number of nitrogens with zero attached hydrogens (tertiary/aromatic N) is 6. The lowest BCUT2D eigenvalue weighted by Crippen LogP contribution is -2.21. The SMILES string of the molecule is [N-]=[N+]=NCC(=O)OCC(COC(=O)CN=[N+]=[N-])c1cccc(C(N)=O)c1. The number of azide groups is 2. The van der Waals surface area contributed by atoms with Crippen LogP contribution in [0.15, 0.2) is 34.5 Å². The molecule has 0 spiro atoms. The Morgan fingerprint density at radius 1 is 1.04 bits per heavy atom. The average molecular weight is 361 g/mol. The van der Waals surface area contributed by atoms with Crippen molar-refractivity contribution in [2.24, 2.45) is 16.0 Å². The molecule has 0 aromatic heterocycles. The molecule has 1 rings (SSSR count). The van der Waals surface area contributed by atoms with Crippen molar-refractivity contribution in [2.45, 2.75) is 5.92 Å². The first kappa shape index (κ1) is 20.3. The second-order valence-corrected chi connectivity index (χ2v) is 4.83. The van der Waals surface area contributed by atoms with E-state index in [1.807, 2.05) is 0 Å². The number of hydrogen-bond acceptors (Lipinski definition) is 7. The van der Waals surface area contributed by atoms with Crippen LogP contribution in [0.4, 0.5) is 0 Å². The fraction of sp³-hybridized carbons (Fsp3) is 0.357. The van der Waals surface area contributed by atoms with E-state index in [4.69, 9.17) is 26.3 Å². The summed E-state index contributed by atoms with van der Waals surface area (Å²) in [5.41, 5.74) is 22.4. The van der Waals surface area contributed by atoms with Gasteiger partial charge in [0.25, 0.3) is 0 Å². The first-order valence-corrected chi connectivity index (χ1v) is 7.20. The largest absolute Gasteiger partial charge is 0.465 e. The molecule has 0 radical (unpaired) electrons. The molecule has 136 valence electrons. The van der Waals surface area contributed by atoms with E-state index in [1.165, 1.54) is 12.1 Å². The molecule has 0 atom stereocenters. The lowest BCUT2D eigenvalue weighted by Gasteiger charge is -2.18. The molecular formula is C14H15N7O5. The Morgan fingerprint density at radius 3 is 2.04 bits per heavy atom. The molecule has 0 fully saturated rings. The third-order valence-electron chi connectivity index (χ3n) is 3.06. The van der Waals surface area contributed by atoms with E-state index in [-0.39, 0.29) is 18.8 Å². The Kier molecular flexibility index (Phi) is 8.52. The predicted octanol–water partition coefficient (Wildman–Crippen LogP) is 1.58. The normalized spacial score (nSPS) is 10.6. The van der Waals surface area contributed by atoms with Gasteiger partial charge in [0.05, 0.1) is 5.92 Å². The fourth-order valence-electron chi connectivity index (χ4n) is 1.84. The molecule has 26 heavy (non-hydrogen) atoms. The number of ether oxygens (including phenoxy) is 2. The van der Waals surface area contributed by atoms with Crippen LogP contribution >= 0.6 is 0 Å². The van der Waals surface area contributed by atoms with E-state index in [0.29, 0.717) is 5.56 Å². The van der Waals surface area contributed by atoms with E-state index >= 15 is 0 Å². The van der Waals surface area contributed by atoms with Crippen molar-refractivity contribution in [3.63, 3.8) is 0 Å². The summed E-state index contributed by atoms with van der Waals surface area (Å²) in [6.07, 6.45) is 0. The van der Waals surface area contributed by atoms with Gasteiger partial charge in [0, 0.05) is 15.4 Å². The second kappa shape index (κ2) is 10.9. The maximum Gasteiger partial charge on any atom is 0.311 e. The summed E-state index contributed by atoms with van der Waals surface area (Å²) < 4.78 is 9.96. The van der Waals surface area contributed by atoms with Gasteiger partial charge in [0.2, 0.25) is 5.91 Å². The Labute approximate surface area is 147 Å². The van der Waals surface area contributed by atoms with Crippen molar-refractivity contribution in [1.29, 1.82) is 0 Å². The predicted molar refractivity (Wildman–Crippen MR) is 87.6 cm³/mol. The molecule has 0 saturated heterocycles. The van der Waals surface area contributed by atoms with E-state index < -0.39 is 36.9 Å². The van der Waals surface area contributed by atoms with E-state index in [2.05, 4.69) is 20.1 Å². The summed E-state index contributed by atoms with van der Waals surface area (Å²) in [5, 5.41) is 6.16. The van der Waals surface area contributed by atoms with Gasteiger partial charge in [-0.1, -0.05) is 22.4 Å². The minimum absolute atomic E-state index is 0.198. The molecule has 0 unspecified atom stereocenters. The highest BCUT2D eigenvalue weighted by Crippen LogP contribution is 2.19. The topological polar surface area (TPSA) is 193 Å². The lowest BCUT2D eigenvalue weighted by atomic mass is 9.98. The number of hydrogen-bond donors (Lipinski definition) is 1. The number of rotatable bonds is 10. The Balaban J connectivity index is 2.86. The Morgan fingerprint density at radius 2 is 1.58 bits per heavy atom. The van der Waals surface area contributed by atoms with E-state index in [9.17, 15) is 14.4 Å². The van der Waals surface area contributed by atoms with Gasteiger partial charge in [-0.15, -0.1) is 0 Å². The number of carbonyl (C=O) groups excluding carboxylic acids is 3. The highest BCUT2D eigenvalue weighted by Gasteiger charge is 2.18. The molecule has 0 heterocycles. The van der Waals surface area contributed by atoms with Crippen LogP contribution in [0.25, 0.3) is 20.9 Å². The minimum Gasteiger partial charge on any atom is -0.465 e. The van der Waals surface area contributed by atoms with Crippen LogP contribution in [0.3, 0.4) is 0 Å². The summed E-state index contributed by atoms with van der Waals surface area (Å²) in [7, 11) is 0. The van der Waals surface area contributed by atoms with Crippen molar-refractivity contribution in [3.05, 3.63) is 56.3 Å². The van der Waals surface area contributed by atoms with Gasteiger partial charge in [-0.25, -0.2) is 0 Å². The quantitative estimate of drug-likeness (QED) is 0.285. The maximum atomic E-state index is 11.5. The highest BCUT2D eigenvalue weighted by molar-refractivity contribution is 5.92. The van der Waals surface area contributed by atoms with Crippen molar-refractivity contribution < 1.29 is 23.9 Å². The highest BCUT2D eigenvalue weighted by atomic mass is 16.5. The number of esters is 2. The first-order chi connectivity index (χ1) is 12.5. The Hall–Kier alpha value is -3.75. The van der Waals surface area contributed by atoms with Gasteiger partial charge in [-0.05, 0) is 28.8 Å². The van der Waals surface area contributed by atoms with E-state index in [1.54, 1.807) is 12.1 Å². The summed E-state index contributed by atoms with van der Waals surface area (Å²) in [4.78, 5) is 39.1. The zero-order valence-corrected chi connectivity index (χ0v) is 13.5. The maximum absolute atomic E-state index is 11.5. The summed E-state index contributed by atoms with van der Waals surface area (Å²) in [6.45, 7) is -1.37. The van der Waals surface area contributed by atoms with Crippen LogP contribution in [0.2, 0.25) is 0 Å². The molecule has 0 saturated carbocycles. The minimum atomic E-state index is -0.765. The molecule has 12 nitrogen and oxygen atoms in total. The van der Waals surface area contributed by atoms with Crippen LogP contribution < -0.4 is 5.73 Å². The lowest BCUT2D eigenvalue weighted by molar-refractivity contribution is -0.145. The van der Waals surface area contributed by atoms with Crippen LogP contribution in [0.5, 0.6) is 0 Å². The molecule has 12 heteroatoms. The van der Waals surface area contributed by atoms with Crippen molar-refractivity contribution >= 4 is 17.8 Å². The number of carbonyl (C=O) groups is 3. The van der Waals surface area contributed by atoms with Gasteiger partial charge < -0.3 is 15.2 Å². The number of benzene rings is 1. The average Bonchev–Trinajstić information content (AvgIpc) is 2.64. The van der Waals surface area contributed by atoms with Gasteiger partial charge in [0.1, 0.15) is 26.3 Å². The van der Waals surface area contributed by atoms with Gasteiger partial charge in [-0.2, -0.15) is 0 Å². The van der Waals surface area contributed by atoms with Gasteiger partial charge in [-0.3, -0.25) is 14.4 Å².